The van der Waals surface area contributed by atoms with E-state index in [9.17, 15) is 13.0 Å². The van der Waals surface area contributed by atoms with Crippen molar-refractivity contribution in [2.75, 3.05) is 4.90 Å². The molecule has 1 atom stereocenters. The van der Waals surface area contributed by atoms with Crippen molar-refractivity contribution in [2.45, 2.75) is 18.8 Å². The van der Waals surface area contributed by atoms with Crippen LogP contribution in [0.15, 0.2) is 60.7 Å². The lowest BCUT2D eigenvalue weighted by Crippen LogP contribution is -2.38. The predicted octanol–water partition coefficient (Wildman–Crippen LogP) is 2.93. The average Bonchev–Trinajstić information content (AvgIpc) is 2.45. The summed E-state index contributed by atoms with van der Waals surface area (Å²) in [5.41, 5.74) is 1.73. The maximum atomic E-state index is 11.5. The quantitative estimate of drug-likeness (QED) is 0.861. The molecule has 0 aliphatic rings. The molecule has 1 N–H and O–H groups in total. The lowest BCUT2D eigenvalue weighted by Gasteiger charge is -2.29. The predicted molar refractivity (Wildman–Crippen MR) is 80.1 cm³/mol. The van der Waals surface area contributed by atoms with Crippen LogP contribution in [0.1, 0.15) is 12.5 Å². The highest BCUT2D eigenvalue weighted by molar-refractivity contribution is 7.86. The van der Waals surface area contributed by atoms with Crippen molar-refractivity contribution in [3.63, 3.8) is 0 Å². The number of hydrogen-bond donors (Lipinski definition) is 1. The number of hydrogen-bond acceptors (Lipinski definition) is 3. The topological polar surface area (TPSA) is 57.6 Å². The third kappa shape index (κ3) is 3.59. The number of para-hydroxylation sites is 1. The lowest BCUT2D eigenvalue weighted by molar-refractivity contribution is 0.466. The van der Waals surface area contributed by atoms with Crippen molar-refractivity contribution in [3.8, 4) is 0 Å². The highest BCUT2D eigenvalue weighted by Crippen LogP contribution is 2.21. The molecule has 2 rings (SSSR count). The number of nitrogens with zero attached hydrogens (tertiary/aromatic N) is 1. The molecule has 5 heteroatoms. The normalized spacial score (nSPS) is 12.9. The second-order valence-electron chi connectivity index (χ2n) is 4.56. The number of rotatable bonds is 5. The summed E-state index contributed by atoms with van der Waals surface area (Å²) < 4.78 is 32.2. The van der Waals surface area contributed by atoms with Crippen molar-refractivity contribution < 1.29 is 13.0 Å². The van der Waals surface area contributed by atoms with Crippen LogP contribution in [-0.2, 0) is 16.7 Å². The molecule has 4 nitrogen and oxygen atoms in total. The van der Waals surface area contributed by atoms with Crippen molar-refractivity contribution in [1.82, 2.24) is 0 Å². The smallest absolute Gasteiger partial charge is 0.286 e. The number of anilines is 1. The lowest BCUT2D eigenvalue weighted by atomic mass is 10.2. The van der Waals surface area contributed by atoms with Crippen molar-refractivity contribution in [2.24, 2.45) is 0 Å². The summed E-state index contributed by atoms with van der Waals surface area (Å²) in [4.78, 5) is 1.66. The van der Waals surface area contributed by atoms with Gasteiger partial charge in [-0.1, -0.05) is 48.5 Å². The third-order valence-electron chi connectivity index (χ3n) is 3.15. The molecule has 0 saturated heterocycles. The molecule has 0 fully saturated rings. The molecular weight excluding hydrogens is 274 g/mol. The summed E-state index contributed by atoms with van der Waals surface area (Å²) in [5, 5.41) is -1.01. The molecule has 0 spiro atoms. The standard InChI is InChI=1S/C15H17NO3S/c1-13(20(17,18)19)16(15-10-6-3-7-11-15)12-14-8-4-2-5-9-14/h2-11,13H,12H2,1H3,(H,17,18,19). The summed E-state index contributed by atoms with van der Waals surface area (Å²) >= 11 is 0. The molecule has 0 bridgehead atoms. The van der Waals surface area contributed by atoms with E-state index in [1.165, 1.54) is 6.92 Å². The maximum Gasteiger partial charge on any atom is 0.286 e. The minimum Gasteiger partial charge on any atom is -0.349 e. The molecule has 0 amide bonds. The van der Waals surface area contributed by atoms with Gasteiger partial charge in [-0.3, -0.25) is 4.55 Å². The molecule has 0 aliphatic heterocycles. The van der Waals surface area contributed by atoms with E-state index in [2.05, 4.69) is 0 Å². The Labute approximate surface area is 119 Å². The first-order valence-corrected chi connectivity index (χ1v) is 7.81. The third-order valence-corrected chi connectivity index (χ3v) is 4.27. The second kappa shape index (κ2) is 6.07. The number of benzene rings is 2. The van der Waals surface area contributed by atoms with Crippen LogP contribution in [0.3, 0.4) is 0 Å². The fourth-order valence-corrected chi connectivity index (χ4v) is 2.51. The van der Waals surface area contributed by atoms with Crippen LogP contribution < -0.4 is 4.90 Å². The van der Waals surface area contributed by atoms with Gasteiger partial charge in [-0.05, 0) is 24.6 Å². The van der Waals surface area contributed by atoms with Gasteiger partial charge in [-0.15, -0.1) is 0 Å². The molecule has 0 radical (unpaired) electrons. The van der Waals surface area contributed by atoms with Crippen molar-refractivity contribution in [3.05, 3.63) is 66.2 Å². The van der Waals surface area contributed by atoms with E-state index in [0.717, 1.165) is 11.3 Å². The van der Waals surface area contributed by atoms with Gasteiger partial charge in [0, 0.05) is 12.2 Å². The Bertz CT molecular complexity index is 641. The van der Waals surface area contributed by atoms with Gasteiger partial charge < -0.3 is 4.90 Å². The van der Waals surface area contributed by atoms with Crippen molar-refractivity contribution in [1.29, 1.82) is 0 Å². The van der Waals surface area contributed by atoms with E-state index >= 15 is 0 Å². The molecule has 0 aromatic heterocycles. The monoisotopic (exact) mass is 291 g/mol. The van der Waals surface area contributed by atoms with Gasteiger partial charge in [0.15, 0.2) is 5.37 Å². The zero-order valence-electron chi connectivity index (χ0n) is 11.2. The Hall–Kier alpha value is -1.85. The zero-order valence-corrected chi connectivity index (χ0v) is 12.0. The molecule has 106 valence electrons. The Morgan fingerprint density at radius 3 is 2.00 bits per heavy atom. The molecule has 1 unspecified atom stereocenters. The summed E-state index contributed by atoms with van der Waals surface area (Å²) in [6.07, 6.45) is 0. The van der Waals surface area contributed by atoms with Gasteiger partial charge >= 0.3 is 0 Å². The van der Waals surface area contributed by atoms with Gasteiger partial charge in [-0.25, -0.2) is 0 Å². The highest BCUT2D eigenvalue weighted by atomic mass is 32.2. The van der Waals surface area contributed by atoms with E-state index in [0.29, 0.717) is 6.54 Å². The first kappa shape index (κ1) is 14.6. The van der Waals surface area contributed by atoms with E-state index in [4.69, 9.17) is 0 Å². The average molecular weight is 291 g/mol. The van der Waals surface area contributed by atoms with E-state index in [-0.39, 0.29) is 0 Å². The zero-order chi connectivity index (χ0) is 14.6. The van der Waals surface area contributed by atoms with Gasteiger partial charge in [0.25, 0.3) is 10.1 Å². The summed E-state index contributed by atoms with van der Waals surface area (Å²) in [5.74, 6) is 0. The summed E-state index contributed by atoms with van der Waals surface area (Å²) in [6, 6.07) is 18.7. The molecular formula is C15H17NO3S. The van der Waals surface area contributed by atoms with E-state index in [1.807, 2.05) is 60.7 Å². The van der Waals surface area contributed by atoms with E-state index in [1.54, 1.807) is 4.90 Å². The fourth-order valence-electron chi connectivity index (χ4n) is 1.99. The van der Waals surface area contributed by atoms with Gasteiger partial charge in [0.2, 0.25) is 0 Å². The highest BCUT2D eigenvalue weighted by Gasteiger charge is 2.25. The van der Waals surface area contributed by atoms with Crippen molar-refractivity contribution >= 4 is 15.8 Å². The Morgan fingerprint density at radius 1 is 1.00 bits per heavy atom. The maximum absolute atomic E-state index is 11.5. The first-order chi connectivity index (χ1) is 9.48. The summed E-state index contributed by atoms with van der Waals surface area (Å²) in [7, 11) is -4.14. The van der Waals surface area contributed by atoms with Crippen LogP contribution in [0.2, 0.25) is 0 Å². The Kier molecular flexibility index (Phi) is 4.42. The molecule has 0 aliphatic carbocycles. The van der Waals surface area contributed by atoms with Gasteiger partial charge in [0.05, 0.1) is 0 Å². The SMILES string of the molecule is CC(N(Cc1ccccc1)c1ccccc1)S(=O)(=O)O. The fraction of sp³-hybridized carbons (Fsp3) is 0.200. The first-order valence-electron chi connectivity index (χ1n) is 6.30. The second-order valence-corrected chi connectivity index (χ2v) is 6.28. The van der Waals surface area contributed by atoms with Crippen LogP contribution in [0.4, 0.5) is 5.69 Å². The largest absolute Gasteiger partial charge is 0.349 e. The van der Waals surface area contributed by atoms with Gasteiger partial charge in [0.1, 0.15) is 0 Å². The molecule has 2 aromatic rings. The molecule has 0 saturated carbocycles. The Balaban J connectivity index is 2.35. The van der Waals surface area contributed by atoms with Crippen LogP contribution in [0, 0.1) is 0 Å². The van der Waals surface area contributed by atoms with Crippen LogP contribution in [0.25, 0.3) is 0 Å². The van der Waals surface area contributed by atoms with Crippen LogP contribution >= 0.6 is 0 Å². The minimum absolute atomic E-state index is 0.409. The van der Waals surface area contributed by atoms with Crippen LogP contribution in [0.5, 0.6) is 0 Å². The van der Waals surface area contributed by atoms with E-state index < -0.39 is 15.5 Å². The molecule has 0 heterocycles. The molecule has 20 heavy (non-hydrogen) atoms. The van der Waals surface area contributed by atoms with Crippen LogP contribution in [-0.4, -0.2) is 18.3 Å². The van der Waals surface area contributed by atoms with Gasteiger partial charge in [-0.2, -0.15) is 8.42 Å². The Morgan fingerprint density at radius 2 is 1.50 bits per heavy atom. The minimum atomic E-state index is -4.14. The summed E-state index contributed by atoms with van der Waals surface area (Å²) in [6.45, 7) is 1.89. The molecule has 2 aromatic carbocycles.